The van der Waals surface area contributed by atoms with Gasteiger partial charge in [-0.25, -0.2) is 17.7 Å². The number of nitrogens with one attached hydrogen (secondary N) is 2. The van der Waals surface area contributed by atoms with Gasteiger partial charge in [-0.05, 0) is 31.9 Å². The quantitative estimate of drug-likeness (QED) is 0.483. The molecular weight excluding hydrogens is 408 g/mol. The van der Waals surface area contributed by atoms with E-state index in [1.54, 1.807) is 4.31 Å². The van der Waals surface area contributed by atoms with Crippen molar-refractivity contribution in [3.8, 4) is 0 Å². The lowest BCUT2D eigenvalue weighted by Crippen LogP contribution is -2.49. The number of nitrogens with zero attached hydrogens (tertiary/aromatic N) is 4. The molecule has 29 heavy (non-hydrogen) atoms. The normalized spacial score (nSPS) is 19.9. The summed E-state index contributed by atoms with van der Waals surface area (Å²) >= 11 is 1.81. The number of hydrogen-bond donors (Lipinski definition) is 2. The van der Waals surface area contributed by atoms with Crippen molar-refractivity contribution >= 4 is 33.6 Å². The molecule has 162 valence electrons. The van der Waals surface area contributed by atoms with Gasteiger partial charge in [-0.1, -0.05) is 6.07 Å². The minimum atomic E-state index is -3.22. The van der Waals surface area contributed by atoms with Gasteiger partial charge in [0.2, 0.25) is 10.0 Å². The van der Waals surface area contributed by atoms with Gasteiger partial charge < -0.3 is 15.5 Å². The van der Waals surface area contributed by atoms with Crippen LogP contribution in [0.1, 0.15) is 19.8 Å². The van der Waals surface area contributed by atoms with Crippen molar-refractivity contribution < 1.29 is 8.42 Å². The molecular formula is C19H32N6O2S2. The second-order valence-electron chi connectivity index (χ2n) is 7.18. The van der Waals surface area contributed by atoms with Gasteiger partial charge in [0, 0.05) is 56.5 Å². The fourth-order valence-electron chi connectivity index (χ4n) is 3.53. The molecule has 2 saturated heterocycles. The fourth-order valence-corrected chi connectivity index (χ4v) is 5.99. The van der Waals surface area contributed by atoms with E-state index in [2.05, 4.69) is 25.5 Å². The molecule has 2 aliphatic rings. The summed E-state index contributed by atoms with van der Waals surface area (Å²) in [4.78, 5) is 11.2. The Bertz CT molecular complexity index is 745. The first kappa shape index (κ1) is 22.2. The first-order valence-electron chi connectivity index (χ1n) is 10.3. The predicted molar refractivity (Wildman–Crippen MR) is 121 cm³/mol. The van der Waals surface area contributed by atoms with E-state index in [0.29, 0.717) is 25.1 Å². The highest BCUT2D eigenvalue weighted by Crippen LogP contribution is 2.17. The van der Waals surface area contributed by atoms with Crippen LogP contribution in [0.4, 0.5) is 5.82 Å². The van der Waals surface area contributed by atoms with E-state index in [1.807, 2.05) is 43.1 Å². The number of aromatic nitrogens is 1. The zero-order valence-electron chi connectivity index (χ0n) is 17.1. The Hall–Kier alpha value is -1.52. The number of thioether (sulfide) groups is 1. The number of hydrogen-bond acceptors (Lipinski definition) is 6. The first-order valence-corrected chi connectivity index (χ1v) is 13.1. The third-order valence-corrected chi connectivity index (χ3v) is 7.93. The molecule has 0 saturated carbocycles. The maximum atomic E-state index is 12.5. The molecule has 0 atom stereocenters. The Morgan fingerprint density at radius 1 is 1.24 bits per heavy atom. The van der Waals surface area contributed by atoms with E-state index in [4.69, 9.17) is 0 Å². The van der Waals surface area contributed by atoms with Gasteiger partial charge in [0.15, 0.2) is 5.96 Å². The number of guanidine groups is 1. The monoisotopic (exact) mass is 440 g/mol. The lowest BCUT2D eigenvalue weighted by molar-refractivity contribution is 0.443. The molecule has 0 radical (unpaired) electrons. The highest BCUT2D eigenvalue weighted by molar-refractivity contribution is 7.99. The second-order valence-corrected chi connectivity index (χ2v) is 10.5. The number of aliphatic imine (C=N–C) groups is 1. The van der Waals surface area contributed by atoms with Crippen LogP contribution in [0.25, 0.3) is 0 Å². The fraction of sp³-hybridized carbons (Fsp3) is 0.684. The summed E-state index contributed by atoms with van der Waals surface area (Å²) in [6.45, 7) is 6.14. The van der Waals surface area contributed by atoms with Crippen LogP contribution >= 0.6 is 11.8 Å². The van der Waals surface area contributed by atoms with E-state index < -0.39 is 10.0 Å². The topological polar surface area (TPSA) is 89.9 Å². The Morgan fingerprint density at radius 2 is 2.00 bits per heavy atom. The lowest BCUT2D eigenvalue weighted by Gasteiger charge is -2.33. The second kappa shape index (κ2) is 11.0. The number of piperidine rings is 1. The van der Waals surface area contributed by atoms with Crippen LogP contribution in [0.2, 0.25) is 0 Å². The Kier molecular flexibility index (Phi) is 8.43. The lowest BCUT2D eigenvalue weighted by atomic mass is 10.1. The molecule has 1 aromatic rings. The summed E-state index contributed by atoms with van der Waals surface area (Å²) in [5.41, 5.74) is 0. The SMILES string of the molecule is CCNC(=NCCS(=O)(=O)N1CCSCC1)NC1CCN(c2ccccn2)CC1. The van der Waals surface area contributed by atoms with Crippen molar-refractivity contribution in [1.29, 1.82) is 0 Å². The summed E-state index contributed by atoms with van der Waals surface area (Å²) in [6.07, 6.45) is 3.81. The average Bonchev–Trinajstić information content (AvgIpc) is 2.75. The summed E-state index contributed by atoms with van der Waals surface area (Å²) < 4.78 is 26.6. The van der Waals surface area contributed by atoms with Crippen LogP contribution < -0.4 is 15.5 Å². The van der Waals surface area contributed by atoms with Gasteiger partial charge in [-0.15, -0.1) is 0 Å². The number of rotatable bonds is 7. The van der Waals surface area contributed by atoms with Gasteiger partial charge in [-0.2, -0.15) is 11.8 Å². The van der Waals surface area contributed by atoms with Crippen molar-refractivity contribution in [2.75, 3.05) is 61.4 Å². The molecule has 3 rings (SSSR count). The van der Waals surface area contributed by atoms with Crippen LogP contribution in [0.5, 0.6) is 0 Å². The van der Waals surface area contributed by atoms with Gasteiger partial charge in [0.1, 0.15) is 5.82 Å². The van der Waals surface area contributed by atoms with Crippen LogP contribution in [0, 0.1) is 0 Å². The minimum Gasteiger partial charge on any atom is -0.357 e. The Balaban J connectivity index is 1.48. The third-order valence-electron chi connectivity index (χ3n) is 5.14. The molecule has 0 aliphatic carbocycles. The first-order chi connectivity index (χ1) is 14.1. The standard InChI is InChI=1S/C19H32N6O2S2/c1-2-20-19(22-9-16-29(26,27)25-12-14-28-15-13-25)23-17-6-10-24(11-7-17)18-5-3-4-8-21-18/h3-5,8,17H,2,6-7,9-16H2,1H3,(H2,20,22,23). The van der Waals surface area contributed by atoms with E-state index >= 15 is 0 Å². The zero-order valence-corrected chi connectivity index (χ0v) is 18.7. The molecule has 3 heterocycles. The molecule has 2 aliphatic heterocycles. The third kappa shape index (κ3) is 6.75. The van der Waals surface area contributed by atoms with Gasteiger partial charge in [-0.3, -0.25) is 4.99 Å². The van der Waals surface area contributed by atoms with Crippen LogP contribution in [0.3, 0.4) is 0 Å². The molecule has 8 nitrogen and oxygen atoms in total. The summed E-state index contributed by atoms with van der Waals surface area (Å²) in [5.74, 6) is 3.54. The average molecular weight is 441 g/mol. The largest absolute Gasteiger partial charge is 0.357 e. The van der Waals surface area contributed by atoms with Gasteiger partial charge in [0.05, 0.1) is 12.3 Å². The van der Waals surface area contributed by atoms with Crippen LogP contribution in [-0.4, -0.2) is 86.2 Å². The molecule has 2 fully saturated rings. The highest BCUT2D eigenvalue weighted by Gasteiger charge is 2.24. The van der Waals surface area contributed by atoms with Crippen LogP contribution in [0.15, 0.2) is 29.4 Å². The Morgan fingerprint density at radius 3 is 2.66 bits per heavy atom. The number of sulfonamides is 1. The molecule has 0 unspecified atom stereocenters. The molecule has 1 aromatic heterocycles. The smallest absolute Gasteiger partial charge is 0.215 e. The number of pyridine rings is 1. The van der Waals surface area contributed by atoms with E-state index in [0.717, 1.165) is 49.8 Å². The maximum absolute atomic E-state index is 12.5. The van der Waals surface area contributed by atoms with Crippen molar-refractivity contribution in [2.45, 2.75) is 25.8 Å². The Labute approximate surface area is 178 Å². The summed E-state index contributed by atoms with van der Waals surface area (Å²) in [5, 5.41) is 6.71. The molecule has 0 spiro atoms. The number of anilines is 1. The van der Waals surface area contributed by atoms with E-state index in [9.17, 15) is 8.42 Å². The van der Waals surface area contributed by atoms with E-state index in [-0.39, 0.29) is 12.3 Å². The maximum Gasteiger partial charge on any atom is 0.215 e. The highest BCUT2D eigenvalue weighted by atomic mass is 32.2. The van der Waals surface area contributed by atoms with Gasteiger partial charge >= 0.3 is 0 Å². The summed E-state index contributed by atoms with van der Waals surface area (Å²) in [7, 11) is -3.22. The van der Waals surface area contributed by atoms with Crippen molar-refractivity contribution in [3.05, 3.63) is 24.4 Å². The molecule has 10 heteroatoms. The molecule has 0 amide bonds. The predicted octanol–water partition coefficient (Wildman–Crippen LogP) is 0.984. The van der Waals surface area contributed by atoms with E-state index in [1.165, 1.54) is 0 Å². The van der Waals surface area contributed by atoms with Crippen molar-refractivity contribution in [3.63, 3.8) is 0 Å². The molecule has 0 bridgehead atoms. The minimum absolute atomic E-state index is 0.0619. The zero-order chi connectivity index (χ0) is 20.5. The van der Waals surface area contributed by atoms with Crippen molar-refractivity contribution in [1.82, 2.24) is 19.9 Å². The van der Waals surface area contributed by atoms with Gasteiger partial charge in [0.25, 0.3) is 0 Å². The van der Waals surface area contributed by atoms with Crippen LogP contribution in [-0.2, 0) is 10.0 Å². The van der Waals surface area contributed by atoms with Crippen molar-refractivity contribution in [2.24, 2.45) is 4.99 Å². The molecule has 2 N–H and O–H groups in total. The molecule has 0 aromatic carbocycles. The summed E-state index contributed by atoms with van der Waals surface area (Å²) in [6, 6.07) is 6.31.